The Bertz CT molecular complexity index is 363. The van der Waals surface area contributed by atoms with E-state index in [4.69, 9.17) is 4.74 Å². The molecular weight excluding hydrogens is 186 g/mol. The van der Waals surface area contributed by atoms with Gasteiger partial charge in [-0.15, -0.1) is 0 Å². The van der Waals surface area contributed by atoms with Crippen LogP contribution in [0.25, 0.3) is 0 Å². The number of ether oxygens (including phenoxy) is 1. The Labute approximate surface area is 91.6 Å². The highest BCUT2D eigenvalue weighted by Crippen LogP contribution is 2.43. The lowest BCUT2D eigenvalue weighted by atomic mass is 9.79. The van der Waals surface area contributed by atoms with Crippen LogP contribution in [0.1, 0.15) is 32.3 Å². The molecule has 1 aliphatic heterocycles. The Kier molecular flexibility index (Phi) is 2.47. The van der Waals surface area contributed by atoms with Crippen molar-refractivity contribution in [3.05, 3.63) is 29.8 Å². The van der Waals surface area contributed by atoms with Crippen molar-refractivity contribution in [1.82, 2.24) is 5.32 Å². The summed E-state index contributed by atoms with van der Waals surface area (Å²) < 4.78 is 6.04. The summed E-state index contributed by atoms with van der Waals surface area (Å²) in [7, 11) is 1.96. The van der Waals surface area contributed by atoms with Crippen LogP contribution in [0, 0.1) is 5.92 Å². The monoisotopic (exact) mass is 205 g/mol. The molecule has 3 atom stereocenters. The number of benzene rings is 1. The molecule has 0 radical (unpaired) electrons. The molecule has 2 heteroatoms. The summed E-state index contributed by atoms with van der Waals surface area (Å²) in [4.78, 5) is 0. The summed E-state index contributed by atoms with van der Waals surface area (Å²) in [5.74, 6) is 1.99. The van der Waals surface area contributed by atoms with E-state index in [1.165, 1.54) is 5.56 Å². The van der Waals surface area contributed by atoms with Gasteiger partial charge in [-0.25, -0.2) is 0 Å². The van der Waals surface area contributed by atoms with Gasteiger partial charge in [-0.1, -0.05) is 32.0 Å². The van der Waals surface area contributed by atoms with Crippen molar-refractivity contribution < 1.29 is 4.74 Å². The quantitative estimate of drug-likeness (QED) is 0.761. The molecule has 0 aliphatic carbocycles. The molecule has 0 saturated heterocycles. The number of hydrogen-bond acceptors (Lipinski definition) is 2. The zero-order valence-electron chi connectivity index (χ0n) is 9.87. The van der Waals surface area contributed by atoms with E-state index in [0.717, 1.165) is 5.75 Å². The standard InChI is InChI=1S/C13H19NO/c1-9-10(2)13(3,14-4)15-12-8-6-5-7-11(9)12/h5-10,14H,1-4H3. The van der Waals surface area contributed by atoms with Crippen molar-refractivity contribution in [2.45, 2.75) is 32.4 Å². The van der Waals surface area contributed by atoms with Crippen molar-refractivity contribution in [2.75, 3.05) is 7.05 Å². The predicted octanol–water partition coefficient (Wildman–Crippen LogP) is 2.75. The maximum absolute atomic E-state index is 6.04. The van der Waals surface area contributed by atoms with Crippen LogP contribution in [0.3, 0.4) is 0 Å². The number of hydrogen-bond donors (Lipinski definition) is 1. The highest BCUT2D eigenvalue weighted by atomic mass is 16.5. The first-order valence-electron chi connectivity index (χ1n) is 5.55. The minimum absolute atomic E-state index is 0.256. The first-order valence-corrected chi connectivity index (χ1v) is 5.55. The van der Waals surface area contributed by atoms with E-state index in [1.807, 2.05) is 19.2 Å². The van der Waals surface area contributed by atoms with Gasteiger partial charge in [0.1, 0.15) is 5.75 Å². The second-order valence-electron chi connectivity index (χ2n) is 4.57. The third-order valence-corrected chi connectivity index (χ3v) is 3.85. The third kappa shape index (κ3) is 1.53. The lowest BCUT2D eigenvalue weighted by Gasteiger charge is -2.44. The molecule has 0 aromatic heterocycles. The van der Waals surface area contributed by atoms with E-state index < -0.39 is 0 Å². The first-order chi connectivity index (χ1) is 7.08. The van der Waals surface area contributed by atoms with E-state index in [1.54, 1.807) is 0 Å². The van der Waals surface area contributed by atoms with Gasteiger partial charge in [0.05, 0.1) is 0 Å². The second-order valence-corrected chi connectivity index (χ2v) is 4.57. The average Bonchev–Trinajstić information content (AvgIpc) is 2.26. The molecule has 1 aromatic rings. The molecule has 0 saturated carbocycles. The summed E-state index contributed by atoms with van der Waals surface area (Å²) in [6.07, 6.45) is 0. The topological polar surface area (TPSA) is 21.3 Å². The molecule has 1 heterocycles. The smallest absolute Gasteiger partial charge is 0.161 e. The maximum atomic E-state index is 6.04. The molecule has 0 bridgehead atoms. The van der Waals surface area contributed by atoms with Crippen LogP contribution < -0.4 is 10.1 Å². The zero-order chi connectivity index (χ0) is 11.1. The Hall–Kier alpha value is -1.02. The maximum Gasteiger partial charge on any atom is 0.161 e. The van der Waals surface area contributed by atoms with E-state index in [9.17, 15) is 0 Å². The largest absolute Gasteiger partial charge is 0.473 e. The van der Waals surface area contributed by atoms with Crippen molar-refractivity contribution >= 4 is 0 Å². The Morgan fingerprint density at radius 3 is 2.60 bits per heavy atom. The van der Waals surface area contributed by atoms with Gasteiger partial charge >= 0.3 is 0 Å². The summed E-state index contributed by atoms with van der Waals surface area (Å²) in [6.45, 7) is 6.61. The van der Waals surface area contributed by atoms with Crippen LogP contribution in [0.5, 0.6) is 5.75 Å². The summed E-state index contributed by atoms with van der Waals surface area (Å²) in [6, 6.07) is 8.31. The molecular formula is C13H19NO. The van der Waals surface area contributed by atoms with Crippen LogP contribution in [0.15, 0.2) is 24.3 Å². The summed E-state index contributed by atoms with van der Waals surface area (Å²) in [5.41, 5.74) is 1.06. The van der Waals surface area contributed by atoms with Gasteiger partial charge in [-0.05, 0) is 31.5 Å². The van der Waals surface area contributed by atoms with Crippen molar-refractivity contribution in [1.29, 1.82) is 0 Å². The highest BCUT2D eigenvalue weighted by Gasteiger charge is 2.40. The van der Waals surface area contributed by atoms with Crippen molar-refractivity contribution in [2.24, 2.45) is 5.92 Å². The average molecular weight is 205 g/mol. The second kappa shape index (κ2) is 3.53. The predicted molar refractivity (Wildman–Crippen MR) is 62.1 cm³/mol. The molecule has 1 N–H and O–H groups in total. The van der Waals surface area contributed by atoms with E-state index in [2.05, 4.69) is 38.2 Å². The van der Waals surface area contributed by atoms with Crippen LogP contribution >= 0.6 is 0 Å². The highest BCUT2D eigenvalue weighted by molar-refractivity contribution is 5.39. The lowest BCUT2D eigenvalue weighted by Crippen LogP contribution is -2.54. The van der Waals surface area contributed by atoms with Crippen molar-refractivity contribution in [3.8, 4) is 5.75 Å². The molecule has 0 fully saturated rings. The van der Waals surface area contributed by atoms with Gasteiger partial charge in [0, 0.05) is 5.92 Å². The van der Waals surface area contributed by atoms with E-state index in [0.29, 0.717) is 11.8 Å². The fourth-order valence-corrected chi connectivity index (χ4v) is 2.30. The molecule has 1 aromatic carbocycles. The number of fused-ring (bicyclic) bond motifs is 1. The third-order valence-electron chi connectivity index (χ3n) is 3.85. The number of rotatable bonds is 1. The van der Waals surface area contributed by atoms with E-state index in [-0.39, 0.29) is 5.72 Å². The van der Waals surface area contributed by atoms with Crippen LogP contribution in [-0.2, 0) is 0 Å². The van der Waals surface area contributed by atoms with Crippen LogP contribution in [-0.4, -0.2) is 12.8 Å². The van der Waals surface area contributed by atoms with Crippen molar-refractivity contribution in [3.63, 3.8) is 0 Å². The number of nitrogens with one attached hydrogen (secondary N) is 1. The molecule has 0 spiro atoms. The summed E-state index contributed by atoms with van der Waals surface area (Å²) >= 11 is 0. The van der Waals surface area contributed by atoms with Gasteiger partial charge in [0.15, 0.2) is 5.72 Å². The van der Waals surface area contributed by atoms with Gasteiger partial charge < -0.3 is 4.74 Å². The Morgan fingerprint density at radius 1 is 1.27 bits per heavy atom. The Morgan fingerprint density at radius 2 is 1.93 bits per heavy atom. The Balaban J connectivity index is 2.45. The van der Waals surface area contributed by atoms with Crippen LogP contribution in [0.4, 0.5) is 0 Å². The van der Waals surface area contributed by atoms with Gasteiger partial charge in [0.2, 0.25) is 0 Å². The molecule has 2 rings (SSSR count). The molecule has 15 heavy (non-hydrogen) atoms. The molecule has 82 valence electrons. The van der Waals surface area contributed by atoms with Gasteiger partial charge in [-0.2, -0.15) is 0 Å². The van der Waals surface area contributed by atoms with Crippen LogP contribution in [0.2, 0.25) is 0 Å². The SMILES string of the molecule is CNC1(C)Oc2ccccc2C(C)C1C. The fourth-order valence-electron chi connectivity index (χ4n) is 2.30. The first kappa shape index (κ1) is 10.5. The minimum Gasteiger partial charge on any atom is -0.473 e. The molecule has 3 unspecified atom stereocenters. The minimum atomic E-state index is -0.256. The molecule has 1 aliphatic rings. The van der Waals surface area contributed by atoms with Gasteiger partial charge in [-0.3, -0.25) is 5.32 Å². The molecule has 2 nitrogen and oxygen atoms in total. The lowest BCUT2D eigenvalue weighted by molar-refractivity contribution is -0.0189. The summed E-state index contributed by atoms with van der Waals surface area (Å²) in [5, 5.41) is 3.28. The van der Waals surface area contributed by atoms with E-state index >= 15 is 0 Å². The fraction of sp³-hybridized carbons (Fsp3) is 0.538. The molecule has 0 amide bonds. The van der Waals surface area contributed by atoms with Gasteiger partial charge in [0.25, 0.3) is 0 Å². The normalized spacial score (nSPS) is 34.4. The zero-order valence-corrected chi connectivity index (χ0v) is 9.87. The number of para-hydroxylation sites is 1.